The molecule has 3 heteroatoms. The van der Waals surface area contributed by atoms with Gasteiger partial charge >= 0.3 is 0 Å². The van der Waals surface area contributed by atoms with Gasteiger partial charge < -0.3 is 0 Å². The molecular weight excluding hydrogens is 256 g/mol. The van der Waals surface area contributed by atoms with Gasteiger partial charge in [0.15, 0.2) is 0 Å². The summed E-state index contributed by atoms with van der Waals surface area (Å²) in [5.41, 5.74) is 4.77. The average molecular weight is 272 g/mol. The van der Waals surface area contributed by atoms with Crippen molar-refractivity contribution in [2.45, 2.75) is 37.0 Å². The third kappa shape index (κ3) is 1.80. The highest BCUT2D eigenvalue weighted by atomic mass is 32.2. The zero-order chi connectivity index (χ0) is 13.8. The molecule has 0 aliphatic carbocycles. The molecule has 19 heavy (non-hydrogen) atoms. The molecule has 98 valence electrons. The number of benzene rings is 2. The van der Waals surface area contributed by atoms with Gasteiger partial charge in [-0.2, -0.15) is 0 Å². The normalized spacial score (nSPS) is 15.7. The van der Waals surface area contributed by atoms with Crippen LogP contribution in [-0.4, -0.2) is 8.42 Å². The summed E-state index contributed by atoms with van der Waals surface area (Å²) in [6.07, 6.45) is 0.701. The van der Waals surface area contributed by atoms with Crippen LogP contribution in [0.5, 0.6) is 0 Å². The van der Waals surface area contributed by atoms with Crippen molar-refractivity contribution >= 4 is 9.84 Å². The molecule has 0 unspecified atom stereocenters. The van der Waals surface area contributed by atoms with Crippen LogP contribution in [0.15, 0.2) is 40.1 Å². The van der Waals surface area contributed by atoms with Gasteiger partial charge in [-0.05, 0) is 49.1 Å². The first-order valence-electron chi connectivity index (χ1n) is 6.34. The van der Waals surface area contributed by atoms with Gasteiger partial charge in [0.05, 0.1) is 9.79 Å². The van der Waals surface area contributed by atoms with Crippen molar-refractivity contribution in [2.24, 2.45) is 0 Å². The second-order valence-corrected chi connectivity index (χ2v) is 7.22. The van der Waals surface area contributed by atoms with Crippen LogP contribution in [0.25, 0.3) is 0 Å². The van der Waals surface area contributed by atoms with Gasteiger partial charge in [0.1, 0.15) is 0 Å². The van der Waals surface area contributed by atoms with Gasteiger partial charge in [0.25, 0.3) is 0 Å². The van der Waals surface area contributed by atoms with Crippen LogP contribution in [0, 0.1) is 20.8 Å². The first-order chi connectivity index (χ1) is 8.89. The fraction of sp³-hybridized carbons (Fsp3) is 0.250. The van der Waals surface area contributed by atoms with Gasteiger partial charge in [-0.15, -0.1) is 0 Å². The number of hydrogen-bond donors (Lipinski definition) is 0. The van der Waals surface area contributed by atoms with Crippen molar-refractivity contribution in [3.8, 4) is 0 Å². The van der Waals surface area contributed by atoms with Crippen molar-refractivity contribution in [3.05, 3.63) is 58.1 Å². The van der Waals surface area contributed by atoms with E-state index in [2.05, 4.69) is 0 Å². The van der Waals surface area contributed by atoms with E-state index in [9.17, 15) is 8.42 Å². The summed E-state index contributed by atoms with van der Waals surface area (Å²) in [6, 6.07) is 9.62. The SMILES string of the molecule is Cc1cc(C)c2c(c1)Cc1ccc(C)cc1S2(=O)=O. The summed E-state index contributed by atoms with van der Waals surface area (Å²) in [5, 5.41) is 0. The lowest BCUT2D eigenvalue weighted by Crippen LogP contribution is -2.16. The second-order valence-electron chi connectivity index (χ2n) is 5.36. The Labute approximate surface area is 114 Å². The minimum absolute atomic E-state index is 0.479. The second kappa shape index (κ2) is 3.94. The molecule has 1 heterocycles. The maximum atomic E-state index is 12.8. The highest BCUT2D eigenvalue weighted by molar-refractivity contribution is 7.91. The van der Waals surface area contributed by atoms with Crippen LogP contribution in [0.1, 0.15) is 27.8 Å². The summed E-state index contributed by atoms with van der Waals surface area (Å²) < 4.78 is 25.6. The molecule has 0 atom stereocenters. The number of aryl methyl sites for hydroxylation is 3. The lowest BCUT2D eigenvalue weighted by atomic mass is 9.99. The van der Waals surface area contributed by atoms with Crippen LogP contribution >= 0.6 is 0 Å². The monoisotopic (exact) mass is 272 g/mol. The molecule has 2 aromatic carbocycles. The van der Waals surface area contributed by atoms with E-state index >= 15 is 0 Å². The number of fused-ring (bicyclic) bond motifs is 2. The molecule has 1 aliphatic rings. The molecule has 0 bridgehead atoms. The molecule has 1 aliphatic heterocycles. The molecular formula is C16H16O2S. The smallest absolute Gasteiger partial charge is 0.207 e. The summed E-state index contributed by atoms with van der Waals surface area (Å²) in [5.74, 6) is 0. The Balaban J connectivity index is 2.38. The molecule has 0 fully saturated rings. The summed E-state index contributed by atoms with van der Waals surface area (Å²) in [7, 11) is -3.37. The predicted octanol–water partition coefficient (Wildman–Crippen LogP) is 3.35. The largest absolute Gasteiger partial charge is 0.218 e. The molecule has 0 saturated carbocycles. The fourth-order valence-corrected chi connectivity index (χ4v) is 4.94. The van der Waals surface area contributed by atoms with E-state index in [0.717, 1.165) is 27.8 Å². The molecule has 0 radical (unpaired) electrons. The lowest BCUT2D eigenvalue weighted by Gasteiger charge is -2.22. The molecule has 2 nitrogen and oxygen atoms in total. The zero-order valence-electron chi connectivity index (χ0n) is 11.3. The highest BCUT2D eigenvalue weighted by Gasteiger charge is 2.30. The number of rotatable bonds is 0. The quantitative estimate of drug-likeness (QED) is 0.629. The van der Waals surface area contributed by atoms with E-state index in [-0.39, 0.29) is 0 Å². The van der Waals surface area contributed by atoms with Gasteiger partial charge in [-0.25, -0.2) is 8.42 Å². The van der Waals surface area contributed by atoms with E-state index in [4.69, 9.17) is 0 Å². The van der Waals surface area contributed by atoms with E-state index < -0.39 is 9.84 Å². The van der Waals surface area contributed by atoms with Crippen LogP contribution in [0.4, 0.5) is 0 Å². The number of sulfone groups is 1. The number of hydrogen-bond acceptors (Lipinski definition) is 2. The van der Waals surface area contributed by atoms with Crippen LogP contribution in [0.2, 0.25) is 0 Å². The molecule has 0 saturated heterocycles. The molecule has 0 spiro atoms. The Kier molecular flexibility index (Phi) is 2.58. The van der Waals surface area contributed by atoms with E-state index in [1.807, 2.05) is 45.0 Å². The van der Waals surface area contributed by atoms with Gasteiger partial charge in [0, 0.05) is 6.42 Å². The van der Waals surface area contributed by atoms with E-state index in [0.29, 0.717) is 16.2 Å². The average Bonchev–Trinajstić information content (AvgIpc) is 2.29. The highest BCUT2D eigenvalue weighted by Crippen LogP contribution is 2.37. The Morgan fingerprint density at radius 1 is 0.895 bits per heavy atom. The molecule has 3 rings (SSSR count). The molecule has 0 N–H and O–H groups in total. The minimum atomic E-state index is -3.37. The zero-order valence-corrected chi connectivity index (χ0v) is 12.1. The third-order valence-electron chi connectivity index (χ3n) is 3.66. The van der Waals surface area contributed by atoms with E-state index in [1.54, 1.807) is 6.07 Å². The lowest BCUT2D eigenvalue weighted by molar-refractivity contribution is 0.590. The Hall–Kier alpha value is -1.61. The summed E-state index contributed by atoms with van der Waals surface area (Å²) in [6.45, 7) is 5.81. The van der Waals surface area contributed by atoms with Crippen molar-refractivity contribution in [3.63, 3.8) is 0 Å². The van der Waals surface area contributed by atoms with E-state index in [1.165, 1.54) is 0 Å². The van der Waals surface area contributed by atoms with Crippen molar-refractivity contribution in [2.75, 3.05) is 0 Å². The third-order valence-corrected chi connectivity index (χ3v) is 5.74. The van der Waals surface area contributed by atoms with Crippen molar-refractivity contribution in [1.29, 1.82) is 0 Å². The first kappa shape index (κ1) is 12.4. The van der Waals surface area contributed by atoms with Gasteiger partial charge in [-0.1, -0.05) is 29.8 Å². The first-order valence-corrected chi connectivity index (χ1v) is 7.82. The molecule has 0 amide bonds. The topological polar surface area (TPSA) is 34.1 Å². The van der Waals surface area contributed by atoms with Crippen LogP contribution in [0.3, 0.4) is 0 Å². The summed E-state index contributed by atoms with van der Waals surface area (Å²) in [4.78, 5) is 0.989. The summed E-state index contributed by atoms with van der Waals surface area (Å²) >= 11 is 0. The fourth-order valence-electron chi connectivity index (χ4n) is 2.93. The maximum Gasteiger partial charge on any atom is 0.207 e. The van der Waals surface area contributed by atoms with Crippen LogP contribution in [-0.2, 0) is 16.3 Å². The molecule has 2 aromatic rings. The molecule has 0 aromatic heterocycles. The Bertz CT molecular complexity index is 787. The Morgan fingerprint density at radius 2 is 1.63 bits per heavy atom. The minimum Gasteiger partial charge on any atom is -0.218 e. The predicted molar refractivity (Wildman–Crippen MR) is 75.4 cm³/mol. The maximum absolute atomic E-state index is 12.8. The van der Waals surface area contributed by atoms with Gasteiger partial charge in [-0.3, -0.25) is 0 Å². The van der Waals surface area contributed by atoms with Crippen LogP contribution < -0.4 is 0 Å². The Morgan fingerprint density at radius 3 is 2.37 bits per heavy atom. The van der Waals surface area contributed by atoms with Gasteiger partial charge in [0.2, 0.25) is 9.84 Å². The standard InChI is InChI=1S/C16H16O2S/c1-10-4-5-13-9-14-7-11(2)6-12(3)16(14)19(17,18)15(13)8-10/h4-8H,9H2,1-3H3. The van der Waals surface area contributed by atoms with Crippen molar-refractivity contribution in [1.82, 2.24) is 0 Å². The van der Waals surface area contributed by atoms with Crippen molar-refractivity contribution < 1.29 is 8.42 Å².